The summed E-state index contributed by atoms with van der Waals surface area (Å²) in [6.45, 7) is 0.724. The molecule has 0 fully saturated rings. The summed E-state index contributed by atoms with van der Waals surface area (Å²) in [5.41, 5.74) is 9.86. The molecule has 2 heterocycles. The Morgan fingerprint density at radius 2 is 1.95 bits per heavy atom. The minimum absolute atomic E-state index is 0.670. The summed E-state index contributed by atoms with van der Waals surface area (Å²) in [6.07, 6.45) is 4.84. The summed E-state index contributed by atoms with van der Waals surface area (Å²) in [5.74, 6) is 0. The average Bonchev–Trinajstić information content (AvgIpc) is 2.87. The van der Waals surface area contributed by atoms with Crippen molar-refractivity contribution in [1.29, 1.82) is 0 Å². The lowest BCUT2D eigenvalue weighted by molar-refractivity contribution is 0.748. The molecule has 0 saturated carbocycles. The van der Waals surface area contributed by atoms with Gasteiger partial charge in [0.15, 0.2) is 0 Å². The Labute approximate surface area is 129 Å². The van der Waals surface area contributed by atoms with Crippen molar-refractivity contribution in [2.75, 3.05) is 6.54 Å². The van der Waals surface area contributed by atoms with E-state index in [0.717, 1.165) is 42.7 Å². The van der Waals surface area contributed by atoms with E-state index in [0.29, 0.717) is 5.02 Å². The number of unbranched alkanes of at least 4 members (excludes halogenated alkanes) is 1. The summed E-state index contributed by atoms with van der Waals surface area (Å²) in [5, 5.41) is 1.91. The van der Waals surface area contributed by atoms with Crippen molar-refractivity contribution in [3.8, 4) is 11.4 Å². The van der Waals surface area contributed by atoms with Crippen molar-refractivity contribution in [3.63, 3.8) is 0 Å². The lowest BCUT2D eigenvalue weighted by Gasteiger charge is -2.06. The average molecular weight is 300 g/mol. The molecule has 108 valence electrons. The van der Waals surface area contributed by atoms with Gasteiger partial charge in [-0.3, -0.25) is 4.98 Å². The first kappa shape index (κ1) is 14.1. The van der Waals surface area contributed by atoms with Crippen LogP contribution in [0.15, 0.2) is 42.6 Å². The van der Waals surface area contributed by atoms with E-state index in [1.807, 2.05) is 18.2 Å². The van der Waals surface area contributed by atoms with Crippen LogP contribution in [-0.2, 0) is 6.42 Å². The zero-order chi connectivity index (χ0) is 14.7. The van der Waals surface area contributed by atoms with Crippen LogP contribution in [0.3, 0.4) is 0 Å². The van der Waals surface area contributed by atoms with Crippen molar-refractivity contribution < 1.29 is 0 Å². The van der Waals surface area contributed by atoms with Gasteiger partial charge in [0.05, 0.1) is 10.7 Å². The number of H-pyrrole nitrogens is 1. The van der Waals surface area contributed by atoms with E-state index in [2.05, 4.69) is 28.2 Å². The molecular weight excluding hydrogens is 282 g/mol. The van der Waals surface area contributed by atoms with Gasteiger partial charge < -0.3 is 10.7 Å². The molecule has 0 aliphatic carbocycles. The molecule has 3 N–H and O–H groups in total. The maximum atomic E-state index is 6.32. The van der Waals surface area contributed by atoms with Crippen LogP contribution >= 0.6 is 11.6 Å². The van der Waals surface area contributed by atoms with E-state index in [1.54, 1.807) is 6.20 Å². The third-order valence-electron chi connectivity index (χ3n) is 3.69. The summed E-state index contributed by atoms with van der Waals surface area (Å²) in [7, 11) is 0. The minimum atomic E-state index is 0.670. The zero-order valence-corrected chi connectivity index (χ0v) is 12.5. The Hall–Kier alpha value is -1.84. The molecule has 21 heavy (non-hydrogen) atoms. The molecule has 2 aromatic heterocycles. The molecule has 3 nitrogen and oxygen atoms in total. The topological polar surface area (TPSA) is 54.7 Å². The highest BCUT2D eigenvalue weighted by atomic mass is 35.5. The largest absolute Gasteiger partial charge is 0.353 e. The SMILES string of the molecule is NCCCCc1c(-c2ncccc2Cl)[nH]c2ccccc12. The quantitative estimate of drug-likeness (QED) is 0.695. The summed E-state index contributed by atoms with van der Waals surface area (Å²) >= 11 is 6.32. The number of nitrogens with two attached hydrogens (primary N) is 1. The fourth-order valence-corrected chi connectivity index (χ4v) is 2.89. The molecule has 0 saturated heterocycles. The number of hydrogen-bond donors (Lipinski definition) is 2. The van der Waals surface area contributed by atoms with Crippen LogP contribution in [0.4, 0.5) is 0 Å². The number of aromatic amines is 1. The third-order valence-corrected chi connectivity index (χ3v) is 3.99. The first-order chi connectivity index (χ1) is 10.3. The molecule has 0 bridgehead atoms. The second kappa shape index (κ2) is 6.29. The molecule has 4 heteroatoms. The number of halogens is 1. The number of nitrogens with zero attached hydrogens (tertiary/aromatic N) is 1. The maximum absolute atomic E-state index is 6.32. The molecule has 0 aliphatic heterocycles. The standard InChI is InChI=1S/C17H18ClN3/c18-14-8-5-11-20-17(14)16-13(7-3-4-10-19)12-6-1-2-9-15(12)21-16/h1-2,5-6,8-9,11,21H,3-4,7,10,19H2. The highest BCUT2D eigenvalue weighted by molar-refractivity contribution is 6.33. The Balaban J connectivity index is 2.12. The van der Waals surface area contributed by atoms with Gasteiger partial charge >= 0.3 is 0 Å². The molecule has 0 atom stereocenters. The van der Waals surface area contributed by atoms with Crippen LogP contribution in [0.2, 0.25) is 5.02 Å². The van der Waals surface area contributed by atoms with E-state index < -0.39 is 0 Å². The predicted octanol–water partition coefficient (Wildman–Crippen LogP) is 4.16. The van der Waals surface area contributed by atoms with Gasteiger partial charge in [0.2, 0.25) is 0 Å². The first-order valence-corrected chi connectivity index (χ1v) is 7.59. The Bertz CT molecular complexity index is 749. The number of para-hydroxylation sites is 1. The second-order valence-electron chi connectivity index (χ2n) is 5.10. The third kappa shape index (κ3) is 2.80. The number of rotatable bonds is 5. The van der Waals surface area contributed by atoms with Crippen molar-refractivity contribution in [2.45, 2.75) is 19.3 Å². The molecule has 0 amide bonds. The van der Waals surface area contributed by atoms with Crippen molar-refractivity contribution >= 4 is 22.5 Å². The monoisotopic (exact) mass is 299 g/mol. The van der Waals surface area contributed by atoms with Gasteiger partial charge in [0.25, 0.3) is 0 Å². The summed E-state index contributed by atoms with van der Waals surface area (Å²) < 4.78 is 0. The van der Waals surface area contributed by atoms with E-state index in [1.165, 1.54) is 10.9 Å². The highest BCUT2D eigenvalue weighted by Crippen LogP contribution is 2.33. The number of pyridine rings is 1. The fraction of sp³-hybridized carbons (Fsp3) is 0.235. The van der Waals surface area contributed by atoms with E-state index in [4.69, 9.17) is 17.3 Å². The van der Waals surface area contributed by atoms with Crippen molar-refractivity contribution in [3.05, 3.63) is 53.2 Å². The predicted molar refractivity (Wildman–Crippen MR) is 88.5 cm³/mol. The molecule has 0 aliphatic rings. The van der Waals surface area contributed by atoms with Crippen LogP contribution in [-0.4, -0.2) is 16.5 Å². The van der Waals surface area contributed by atoms with Gasteiger partial charge in [-0.1, -0.05) is 29.8 Å². The second-order valence-corrected chi connectivity index (χ2v) is 5.51. The Morgan fingerprint density at radius 1 is 1.10 bits per heavy atom. The lowest BCUT2D eigenvalue weighted by atomic mass is 10.0. The van der Waals surface area contributed by atoms with Gasteiger partial charge in [-0.05, 0) is 49.6 Å². The van der Waals surface area contributed by atoms with Gasteiger partial charge in [-0.15, -0.1) is 0 Å². The highest BCUT2D eigenvalue weighted by Gasteiger charge is 2.15. The van der Waals surface area contributed by atoms with Crippen LogP contribution in [0.1, 0.15) is 18.4 Å². The van der Waals surface area contributed by atoms with Gasteiger partial charge in [0.1, 0.15) is 5.69 Å². The minimum Gasteiger partial charge on any atom is -0.353 e. The first-order valence-electron chi connectivity index (χ1n) is 7.22. The van der Waals surface area contributed by atoms with Gasteiger partial charge in [-0.2, -0.15) is 0 Å². The van der Waals surface area contributed by atoms with E-state index in [9.17, 15) is 0 Å². The van der Waals surface area contributed by atoms with Gasteiger partial charge in [0, 0.05) is 17.1 Å². The molecular formula is C17H18ClN3. The van der Waals surface area contributed by atoms with E-state index in [-0.39, 0.29) is 0 Å². The number of aromatic nitrogens is 2. The zero-order valence-electron chi connectivity index (χ0n) is 11.8. The van der Waals surface area contributed by atoms with E-state index >= 15 is 0 Å². The number of fused-ring (bicyclic) bond motifs is 1. The van der Waals surface area contributed by atoms with Crippen molar-refractivity contribution in [1.82, 2.24) is 9.97 Å². The lowest BCUT2D eigenvalue weighted by Crippen LogP contribution is -1.99. The normalized spacial score (nSPS) is 11.1. The molecule has 3 rings (SSSR count). The molecule has 0 unspecified atom stereocenters. The Morgan fingerprint density at radius 3 is 2.76 bits per heavy atom. The number of nitrogens with one attached hydrogen (secondary N) is 1. The maximum Gasteiger partial charge on any atom is 0.105 e. The van der Waals surface area contributed by atoms with Crippen molar-refractivity contribution in [2.24, 2.45) is 5.73 Å². The fourth-order valence-electron chi connectivity index (χ4n) is 2.68. The van der Waals surface area contributed by atoms with Crippen LogP contribution in [0.25, 0.3) is 22.3 Å². The smallest absolute Gasteiger partial charge is 0.105 e. The summed E-state index contributed by atoms with van der Waals surface area (Å²) in [4.78, 5) is 7.91. The van der Waals surface area contributed by atoms with Crippen LogP contribution in [0, 0.1) is 0 Å². The van der Waals surface area contributed by atoms with Crippen LogP contribution < -0.4 is 5.73 Å². The molecule has 1 aromatic carbocycles. The Kier molecular flexibility index (Phi) is 4.23. The number of benzene rings is 1. The van der Waals surface area contributed by atoms with Gasteiger partial charge in [-0.25, -0.2) is 0 Å². The molecule has 3 aromatic rings. The number of aryl methyl sites for hydroxylation is 1. The van der Waals surface area contributed by atoms with Crippen LogP contribution in [0.5, 0.6) is 0 Å². The molecule has 0 spiro atoms. The number of hydrogen-bond acceptors (Lipinski definition) is 2. The molecule has 0 radical (unpaired) electrons. The summed E-state index contributed by atoms with van der Waals surface area (Å²) in [6, 6.07) is 12.0.